The minimum atomic E-state index is -3.67. The molecule has 3 heterocycles. The van der Waals surface area contributed by atoms with Gasteiger partial charge in [-0.1, -0.05) is 66.2 Å². The highest BCUT2D eigenvalue weighted by Gasteiger charge is 2.34. The van der Waals surface area contributed by atoms with Gasteiger partial charge in [0, 0.05) is 55.1 Å². The van der Waals surface area contributed by atoms with E-state index in [-0.39, 0.29) is 23.3 Å². The van der Waals surface area contributed by atoms with Crippen molar-refractivity contribution in [2.75, 3.05) is 57.0 Å². The number of aromatic nitrogens is 1. The van der Waals surface area contributed by atoms with Gasteiger partial charge in [0.05, 0.1) is 17.0 Å². The fraction of sp³-hybridized carbons (Fsp3) is 0.325. The standard InChI is InChI=1S/C39H41ClN4O3.CH4O3S/c40-33-9-2-4-11-35(33)42-24-26-43(27-25-42)39(47)38-37(36(28-12-16-30(45)17-13-28)29-14-18-31(46)19-15-29)32-8-1-3-10-34(32)44(38)23-7-22-41-20-5-6-21-41;1-5(2,3)4/h1-4,8-19,36,45-46H,5-7,20-27H2;1H3,(H,2,3,4). The number of amides is 1. The first-order chi connectivity index (χ1) is 25.0. The van der Waals surface area contributed by atoms with Crippen LogP contribution in [0.5, 0.6) is 11.5 Å². The lowest BCUT2D eigenvalue weighted by atomic mass is 9.83. The lowest BCUT2D eigenvalue weighted by molar-refractivity contribution is 0.0734. The number of likely N-dealkylation sites (tertiary alicyclic amines) is 1. The summed E-state index contributed by atoms with van der Waals surface area (Å²) in [6, 6.07) is 30.8. The van der Waals surface area contributed by atoms with Crippen molar-refractivity contribution in [2.45, 2.75) is 31.7 Å². The molecule has 2 saturated heterocycles. The van der Waals surface area contributed by atoms with Gasteiger partial charge in [-0.15, -0.1) is 0 Å². The number of fused-ring (bicyclic) bond motifs is 1. The molecule has 0 unspecified atom stereocenters. The molecule has 7 rings (SSSR count). The van der Waals surface area contributed by atoms with Crippen molar-refractivity contribution < 1.29 is 28.0 Å². The van der Waals surface area contributed by atoms with E-state index in [0.29, 0.717) is 38.1 Å². The molecule has 4 aromatic carbocycles. The van der Waals surface area contributed by atoms with Crippen molar-refractivity contribution in [3.05, 3.63) is 124 Å². The van der Waals surface area contributed by atoms with Crippen molar-refractivity contribution >= 4 is 44.2 Å². The van der Waals surface area contributed by atoms with Gasteiger partial charge in [-0.25, -0.2) is 0 Å². The lowest BCUT2D eigenvalue weighted by Crippen LogP contribution is -2.49. The molecular weight excluding hydrogens is 700 g/mol. The maximum absolute atomic E-state index is 15.0. The second-order valence-corrected chi connectivity index (χ2v) is 15.3. The molecule has 0 saturated carbocycles. The van der Waals surface area contributed by atoms with Crippen molar-refractivity contribution in [3.63, 3.8) is 0 Å². The van der Waals surface area contributed by atoms with Gasteiger partial charge in [-0.05, 0) is 92.5 Å². The molecule has 52 heavy (non-hydrogen) atoms. The van der Waals surface area contributed by atoms with Gasteiger partial charge in [0.25, 0.3) is 16.0 Å². The number of carbonyl (C=O) groups excluding carboxylic acids is 1. The molecule has 0 bridgehead atoms. The van der Waals surface area contributed by atoms with Gasteiger partial charge in [0.1, 0.15) is 17.2 Å². The highest BCUT2D eigenvalue weighted by Crippen LogP contribution is 2.42. The Balaban J connectivity index is 0.000000870. The number of aromatic hydroxyl groups is 2. The number of anilines is 1. The highest BCUT2D eigenvalue weighted by atomic mass is 35.5. The van der Waals surface area contributed by atoms with Crippen LogP contribution >= 0.6 is 11.6 Å². The van der Waals surface area contributed by atoms with Crippen LogP contribution in [-0.4, -0.2) is 95.5 Å². The summed E-state index contributed by atoms with van der Waals surface area (Å²) < 4.78 is 28.1. The Morgan fingerprint density at radius 2 is 1.29 bits per heavy atom. The van der Waals surface area contributed by atoms with Crippen LogP contribution < -0.4 is 4.90 Å². The zero-order valence-electron chi connectivity index (χ0n) is 29.2. The van der Waals surface area contributed by atoms with E-state index in [0.717, 1.165) is 70.9 Å². The van der Waals surface area contributed by atoms with Crippen LogP contribution in [0.3, 0.4) is 0 Å². The zero-order chi connectivity index (χ0) is 36.8. The van der Waals surface area contributed by atoms with Gasteiger partial charge in [-0.3, -0.25) is 9.35 Å². The number of phenols is 2. The van der Waals surface area contributed by atoms with Crippen molar-refractivity contribution in [3.8, 4) is 11.5 Å². The van der Waals surface area contributed by atoms with E-state index in [9.17, 15) is 23.4 Å². The number of piperazine rings is 1. The minimum absolute atomic E-state index is 0.0266. The minimum Gasteiger partial charge on any atom is -0.508 e. The lowest BCUT2D eigenvalue weighted by Gasteiger charge is -2.37. The smallest absolute Gasteiger partial charge is 0.270 e. The Morgan fingerprint density at radius 3 is 1.87 bits per heavy atom. The molecular formula is C40H45ClN4O6S. The summed E-state index contributed by atoms with van der Waals surface area (Å²) in [6.07, 6.45) is 4.16. The van der Waals surface area contributed by atoms with E-state index in [1.165, 1.54) is 12.8 Å². The zero-order valence-corrected chi connectivity index (χ0v) is 30.8. The number of carbonyl (C=O) groups is 1. The fourth-order valence-corrected chi connectivity index (χ4v) is 7.67. The number of halogens is 1. The number of phenolic OH excluding ortho intramolecular Hbond substituents is 2. The normalized spacial score (nSPS) is 15.2. The Hall–Kier alpha value is -4.55. The molecule has 0 spiro atoms. The molecule has 5 aromatic rings. The number of benzene rings is 4. The van der Waals surface area contributed by atoms with Crippen molar-refractivity contribution in [2.24, 2.45) is 0 Å². The Kier molecular flexibility index (Phi) is 11.7. The fourth-order valence-electron chi connectivity index (χ4n) is 7.41. The number of aryl methyl sites for hydroxylation is 1. The molecule has 1 amide bonds. The van der Waals surface area contributed by atoms with Gasteiger partial charge >= 0.3 is 0 Å². The first kappa shape index (κ1) is 37.2. The molecule has 0 atom stereocenters. The molecule has 1 aromatic heterocycles. The van der Waals surface area contributed by atoms with Crippen LogP contribution in [0.15, 0.2) is 97.1 Å². The van der Waals surface area contributed by atoms with Crippen LogP contribution in [0.1, 0.15) is 52.4 Å². The molecule has 12 heteroatoms. The summed E-state index contributed by atoms with van der Waals surface area (Å²) in [6.45, 7) is 6.58. The largest absolute Gasteiger partial charge is 0.508 e. The third kappa shape index (κ3) is 8.90. The van der Waals surface area contributed by atoms with E-state index >= 15 is 0 Å². The molecule has 2 aliphatic rings. The molecule has 274 valence electrons. The Labute approximate surface area is 310 Å². The number of rotatable bonds is 9. The van der Waals surface area contributed by atoms with Gasteiger partial charge in [0.15, 0.2) is 0 Å². The first-order valence-electron chi connectivity index (χ1n) is 17.6. The average molecular weight is 745 g/mol. The summed E-state index contributed by atoms with van der Waals surface area (Å²) in [7, 11) is -3.67. The van der Waals surface area contributed by atoms with E-state index < -0.39 is 10.1 Å². The van der Waals surface area contributed by atoms with Crippen LogP contribution in [0.25, 0.3) is 10.9 Å². The molecule has 2 aliphatic heterocycles. The summed E-state index contributed by atoms with van der Waals surface area (Å²) in [5, 5.41) is 22.2. The van der Waals surface area contributed by atoms with E-state index in [1.807, 2.05) is 59.5 Å². The second-order valence-electron chi connectivity index (χ2n) is 13.4. The second kappa shape index (κ2) is 16.4. The van der Waals surface area contributed by atoms with Crippen LogP contribution in [-0.2, 0) is 16.7 Å². The number of nitrogens with zero attached hydrogens (tertiary/aromatic N) is 4. The Bertz CT molecular complexity index is 2040. The molecule has 10 nitrogen and oxygen atoms in total. The van der Waals surface area contributed by atoms with Gasteiger partial charge in [-0.2, -0.15) is 8.42 Å². The Morgan fingerprint density at radius 1 is 0.750 bits per heavy atom. The maximum Gasteiger partial charge on any atom is 0.270 e. The van der Waals surface area contributed by atoms with Gasteiger partial charge in [0.2, 0.25) is 0 Å². The van der Waals surface area contributed by atoms with Gasteiger partial charge < -0.3 is 29.5 Å². The molecule has 0 radical (unpaired) electrons. The predicted octanol–water partition coefficient (Wildman–Crippen LogP) is 6.84. The average Bonchev–Trinajstić information content (AvgIpc) is 3.76. The highest BCUT2D eigenvalue weighted by molar-refractivity contribution is 7.85. The first-order valence-corrected chi connectivity index (χ1v) is 19.8. The third-order valence-corrected chi connectivity index (χ3v) is 10.1. The molecule has 0 aliphatic carbocycles. The van der Waals surface area contributed by atoms with Crippen LogP contribution in [0, 0.1) is 0 Å². The van der Waals surface area contributed by atoms with Crippen molar-refractivity contribution in [1.29, 1.82) is 0 Å². The monoisotopic (exact) mass is 744 g/mol. The third-order valence-electron chi connectivity index (χ3n) is 9.77. The van der Waals surface area contributed by atoms with E-state index in [2.05, 4.69) is 32.6 Å². The summed E-state index contributed by atoms with van der Waals surface area (Å²) in [4.78, 5) is 21.8. The van der Waals surface area contributed by atoms with Crippen molar-refractivity contribution in [1.82, 2.24) is 14.4 Å². The topological polar surface area (TPSA) is 127 Å². The summed E-state index contributed by atoms with van der Waals surface area (Å²) >= 11 is 6.55. The number of para-hydroxylation sites is 2. The SMILES string of the molecule is CS(=O)(=O)O.O=C(c1c(C(c2ccc(O)cc2)c2ccc(O)cc2)c2ccccc2n1CCCN1CCCC1)N1CCN(c2ccccc2Cl)CC1. The number of hydrogen-bond acceptors (Lipinski definition) is 7. The van der Waals surface area contributed by atoms with Crippen LogP contribution in [0.4, 0.5) is 5.69 Å². The molecule has 3 N–H and O–H groups in total. The quantitative estimate of drug-likeness (QED) is 0.140. The summed E-state index contributed by atoms with van der Waals surface area (Å²) in [5.74, 6) is 0.105. The molecule has 2 fully saturated rings. The maximum atomic E-state index is 15.0. The van der Waals surface area contributed by atoms with E-state index in [1.54, 1.807) is 24.3 Å². The van der Waals surface area contributed by atoms with E-state index in [4.69, 9.17) is 16.2 Å². The summed E-state index contributed by atoms with van der Waals surface area (Å²) in [5.41, 5.74) is 5.64. The predicted molar refractivity (Wildman–Crippen MR) is 206 cm³/mol. The number of hydrogen-bond donors (Lipinski definition) is 3. The van der Waals surface area contributed by atoms with Crippen LogP contribution in [0.2, 0.25) is 5.02 Å².